The summed E-state index contributed by atoms with van der Waals surface area (Å²) in [5.74, 6) is 2.47. The molecule has 2 saturated carbocycles. The lowest BCUT2D eigenvalue weighted by molar-refractivity contribution is 0.113. The van der Waals surface area contributed by atoms with Crippen molar-refractivity contribution in [3.63, 3.8) is 0 Å². The molecule has 3 heteroatoms. The zero-order valence-electron chi connectivity index (χ0n) is 22.1. The minimum absolute atomic E-state index is 0.182. The van der Waals surface area contributed by atoms with Crippen molar-refractivity contribution >= 4 is 0 Å². The van der Waals surface area contributed by atoms with Gasteiger partial charge in [0.15, 0.2) is 11.6 Å². The first-order chi connectivity index (χ1) is 18.1. The standard InChI is InChI=1S/C34H40F2O/c1-2-3-5-8-24-11-12-27-20-28(14-13-26(27)19-24)29-15-17-31(32(35)21-29)30-16-18-34(33(36)22-30)37-23-25-9-6-4-7-10-25/h4,6-7,9-10,15-18,21-22,24,26-28H,2-3,5,8,11-14,19-20,23H2,1H3. The van der Waals surface area contributed by atoms with Gasteiger partial charge < -0.3 is 4.74 Å². The number of rotatable bonds is 9. The third-order valence-electron chi connectivity index (χ3n) is 8.88. The number of fused-ring (bicyclic) bond motifs is 1. The van der Waals surface area contributed by atoms with Crippen LogP contribution in [-0.2, 0) is 6.61 Å². The predicted molar refractivity (Wildman–Crippen MR) is 148 cm³/mol. The lowest BCUT2D eigenvalue weighted by Crippen LogP contribution is -2.30. The van der Waals surface area contributed by atoms with Crippen LogP contribution in [0.2, 0.25) is 0 Å². The Bertz CT molecular complexity index is 1160. The van der Waals surface area contributed by atoms with E-state index in [1.807, 2.05) is 36.4 Å². The second-order valence-electron chi connectivity index (χ2n) is 11.4. The van der Waals surface area contributed by atoms with Crippen LogP contribution >= 0.6 is 0 Å². The van der Waals surface area contributed by atoms with Gasteiger partial charge >= 0.3 is 0 Å². The zero-order chi connectivity index (χ0) is 25.6. The minimum atomic E-state index is -0.472. The molecule has 2 aliphatic carbocycles. The quantitative estimate of drug-likeness (QED) is 0.265. The minimum Gasteiger partial charge on any atom is -0.486 e. The van der Waals surface area contributed by atoms with Gasteiger partial charge in [-0.3, -0.25) is 0 Å². The SMILES string of the molecule is CCCCCC1CCC2CC(c3ccc(-c4ccc(OCc5ccccc5)c(F)c4)c(F)c3)CCC2C1. The van der Waals surface area contributed by atoms with Crippen molar-refractivity contribution in [2.45, 2.75) is 83.7 Å². The van der Waals surface area contributed by atoms with Crippen LogP contribution in [0.4, 0.5) is 8.78 Å². The normalized spacial score (nSPS) is 23.4. The van der Waals surface area contributed by atoms with Crippen LogP contribution in [0.3, 0.4) is 0 Å². The number of unbranched alkanes of at least 4 members (excludes halogenated alkanes) is 2. The predicted octanol–water partition coefficient (Wildman–Crippen LogP) is 10.1. The van der Waals surface area contributed by atoms with Crippen molar-refractivity contribution in [1.82, 2.24) is 0 Å². The van der Waals surface area contributed by atoms with Crippen molar-refractivity contribution in [2.24, 2.45) is 17.8 Å². The third kappa shape index (κ3) is 6.43. The summed E-state index contributed by atoms with van der Waals surface area (Å²) in [5.41, 5.74) is 3.06. The van der Waals surface area contributed by atoms with E-state index < -0.39 is 5.82 Å². The second-order valence-corrected chi connectivity index (χ2v) is 11.4. The molecular formula is C34H40F2O. The van der Waals surface area contributed by atoms with Gasteiger partial charge in [0.1, 0.15) is 12.4 Å². The van der Waals surface area contributed by atoms with E-state index in [-0.39, 0.29) is 11.6 Å². The molecule has 1 nitrogen and oxygen atoms in total. The van der Waals surface area contributed by atoms with Gasteiger partial charge in [-0.2, -0.15) is 0 Å². The van der Waals surface area contributed by atoms with E-state index in [0.717, 1.165) is 35.3 Å². The molecule has 0 spiro atoms. The van der Waals surface area contributed by atoms with Crippen LogP contribution in [0.25, 0.3) is 11.1 Å². The van der Waals surface area contributed by atoms with Gasteiger partial charge in [-0.15, -0.1) is 0 Å². The topological polar surface area (TPSA) is 9.23 Å². The zero-order valence-corrected chi connectivity index (χ0v) is 22.1. The molecule has 0 heterocycles. The summed E-state index contributed by atoms with van der Waals surface area (Å²) in [6.45, 7) is 2.58. The fourth-order valence-electron chi connectivity index (χ4n) is 6.77. The molecule has 0 saturated heterocycles. The van der Waals surface area contributed by atoms with E-state index in [1.54, 1.807) is 18.2 Å². The van der Waals surface area contributed by atoms with Gasteiger partial charge in [0, 0.05) is 5.56 Å². The summed E-state index contributed by atoms with van der Waals surface area (Å²) in [7, 11) is 0. The average molecular weight is 503 g/mol. The summed E-state index contributed by atoms with van der Waals surface area (Å²) >= 11 is 0. The molecule has 3 aromatic rings. The van der Waals surface area contributed by atoms with Crippen molar-refractivity contribution in [3.05, 3.63) is 89.5 Å². The molecule has 0 radical (unpaired) electrons. The van der Waals surface area contributed by atoms with Crippen LogP contribution in [-0.4, -0.2) is 0 Å². The molecule has 0 aromatic heterocycles. The van der Waals surface area contributed by atoms with E-state index >= 15 is 4.39 Å². The second kappa shape index (κ2) is 12.2. The Morgan fingerprint density at radius 3 is 2.38 bits per heavy atom. The molecule has 2 fully saturated rings. The highest BCUT2D eigenvalue weighted by molar-refractivity contribution is 5.65. The van der Waals surface area contributed by atoms with E-state index in [1.165, 1.54) is 63.9 Å². The molecule has 196 valence electrons. The Morgan fingerprint density at radius 1 is 0.784 bits per heavy atom. The van der Waals surface area contributed by atoms with Crippen LogP contribution in [0.5, 0.6) is 5.75 Å². The van der Waals surface area contributed by atoms with Gasteiger partial charge in [-0.05, 0) is 90.7 Å². The van der Waals surface area contributed by atoms with Gasteiger partial charge in [-0.1, -0.05) is 87.6 Å². The van der Waals surface area contributed by atoms with Crippen molar-refractivity contribution in [1.29, 1.82) is 0 Å². The summed E-state index contributed by atoms with van der Waals surface area (Å²) in [6, 6.07) is 20.0. The molecule has 0 N–H and O–H groups in total. The van der Waals surface area contributed by atoms with Crippen molar-refractivity contribution in [2.75, 3.05) is 0 Å². The fourth-order valence-corrected chi connectivity index (χ4v) is 6.77. The number of hydrogen-bond acceptors (Lipinski definition) is 1. The van der Waals surface area contributed by atoms with Crippen LogP contribution in [0.1, 0.15) is 88.2 Å². The van der Waals surface area contributed by atoms with Crippen molar-refractivity contribution in [3.8, 4) is 16.9 Å². The Balaban J connectivity index is 1.20. The van der Waals surface area contributed by atoms with Gasteiger partial charge in [-0.25, -0.2) is 8.78 Å². The maximum atomic E-state index is 15.3. The third-order valence-corrected chi connectivity index (χ3v) is 8.88. The number of benzene rings is 3. The van der Waals surface area contributed by atoms with E-state index in [4.69, 9.17) is 4.74 Å². The highest BCUT2D eigenvalue weighted by Gasteiger charge is 2.36. The Hall–Kier alpha value is -2.68. The van der Waals surface area contributed by atoms with E-state index in [2.05, 4.69) is 13.0 Å². The summed E-state index contributed by atoms with van der Waals surface area (Å²) < 4.78 is 35.7. The molecule has 3 aromatic carbocycles. The Labute approximate surface area is 221 Å². The average Bonchev–Trinajstić information content (AvgIpc) is 2.93. The van der Waals surface area contributed by atoms with E-state index in [0.29, 0.717) is 23.7 Å². The summed E-state index contributed by atoms with van der Waals surface area (Å²) in [6.07, 6.45) is 13.2. The first kappa shape index (κ1) is 25.9. The summed E-state index contributed by atoms with van der Waals surface area (Å²) in [5, 5.41) is 0. The van der Waals surface area contributed by atoms with E-state index in [9.17, 15) is 4.39 Å². The van der Waals surface area contributed by atoms with Gasteiger partial charge in [0.05, 0.1) is 0 Å². The fraction of sp³-hybridized carbons (Fsp3) is 0.471. The van der Waals surface area contributed by atoms with Crippen LogP contribution in [0, 0.1) is 29.4 Å². The van der Waals surface area contributed by atoms with Crippen molar-refractivity contribution < 1.29 is 13.5 Å². The largest absolute Gasteiger partial charge is 0.486 e. The number of halogens is 2. The monoisotopic (exact) mass is 502 g/mol. The molecule has 4 atom stereocenters. The molecule has 0 aliphatic heterocycles. The number of ether oxygens (including phenoxy) is 1. The number of hydrogen-bond donors (Lipinski definition) is 0. The smallest absolute Gasteiger partial charge is 0.165 e. The van der Waals surface area contributed by atoms with Crippen LogP contribution in [0.15, 0.2) is 66.7 Å². The lowest BCUT2D eigenvalue weighted by atomic mass is 9.63. The highest BCUT2D eigenvalue weighted by Crippen LogP contribution is 2.48. The van der Waals surface area contributed by atoms with Crippen LogP contribution < -0.4 is 4.74 Å². The first-order valence-electron chi connectivity index (χ1n) is 14.4. The maximum absolute atomic E-state index is 15.3. The molecular weight excluding hydrogens is 462 g/mol. The molecule has 37 heavy (non-hydrogen) atoms. The lowest BCUT2D eigenvalue weighted by Gasteiger charge is -2.42. The molecule has 0 amide bonds. The Morgan fingerprint density at radius 2 is 1.59 bits per heavy atom. The molecule has 4 unspecified atom stereocenters. The molecule has 2 aliphatic rings. The first-order valence-corrected chi connectivity index (χ1v) is 14.4. The summed E-state index contributed by atoms with van der Waals surface area (Å²) in [4.78, 5) is 0. The molecule has 5 rings (SSSR count). The molecule has 0 bridgehead atoms. The van der Waals surface area contributed by atoms with Gasteiger partial charge in [0.25, 0.3) is 0 Å². The highest BCUT2D eigenvalue weighted by atomic mass is 19.1. The van der Waals surface area contributed by atoms with Gasteiger partial charge in [0.2, 0.25) is 0 Å². The maximum Gasteiger partial charge on any atom is 0.165 e. The Kier molecular flexibility index (Phi) is 8.59.